The quantitative estimate of drug-likeness (QED) is 0.376. The van der Waals surface area contributed by atoms with E-state index in [1.807, 2.05) is 31.2 Å². The number of amides is 1. The lowest BCUT2D eigenvalue weighted by Crippen LogP contribution is -2.28. The molecule has 1 amide bonds. The van der Waals surface area contributed by atoms with Crippen LogP contribution in [0.15, 0.2) is 66.7 Å². The van der Waals surface area contributed by atoms with Crippen molar-refractivity contribution in [1.29, 1.82) is 0 Å². The van der Waals surface area contributed by atoms with Gasteiger partial charge < -0.3 is 20.2 Å². The Bertz CT molecular complexity index is 1160. The molecule has 0 atom stereocenters. The summed E-state index contributed by atoms with van der Waals surface area (Å²) in [5.74, 6) is -0.464. The lowest BCUT2D eigenvalue weighted by Gasteiger charge is -2.23. The van der Waals surface area contributed by atoms with Crippen LogP contribution in [0, 0.1) is 6.92 Å². The molecule has 0 bridgehead atoms. The Balaban J connectivity index is 0.00000342. The van der Waals surface area contributed by atoms with Crippen LogP contribution in [0.4, 0.5) is 11.4 Å². The van der Waals surface area contributed by atoms with Gasteiger partial charge in [0, 0.05) is 42.9 Å². The SMILES string of the molecule is Cc1ccc(C(=O)Cc2cccc(O)c2NC(=O)c2ccc(N3CCCN(C)CC3)cc2)cc1.Cl. The number of rotatable bonds is 6. The average molecular weight is 494 g/mol. The molecule has 1 fully saturated rings. The summed E-state index contributed by atoms with van der Waals surface area (Å²) < 4.78 is 0. The molecule has 1 aliphatic heterocycles. The lowest BCUT2D eigenvalue weighted by atomic mass is 10.00. The monoisotopic (exact) mass is 493 g/mol. The summed E-state index contributed by atoms with van der Waals surface area (Å²) in [5.41, 5.74) is 4.11. The van der Waals surface area contributed by atoms with Crippen LogP contribution in [0.2, 0.25) is 0 Å². The highest BCUT2D eigenvalue weighted by Gasteiger charge is 2.17. The lowest BCUT2D eigenvalue weighted by molar-refractivity contribution is 0.0989. The van der Waals surface area contributed by atoms with Crippen molar-refractivity contribution in [3.63, 3.8) is 0 Å². The highest BCUT2D eigenvalue weighted by Crippen LogP contribution is 2.29. The first-order chi connectivity index (χ1) is 16.4. The minimum atomic E-state index is -0.326. The van der Waals surface area contributed by atoms with E-state index in [0.29, 0.717) is 16.7 Å². The number of halogens is 1. The predicted octanol–water partition coefficient (Wildman–Crippen LogP) is 4.94. The number of nitrogens with one attached hydrogen (secondary N) is 1. The number of benzene rings is 3. The van der Waals surface area contributed by atoms with Crippen molar-refractivity contribution in [2.45, 2.75) is 19.8 Å². The van der Waals surface area contributed by atoms with E-state index in [1.165, 1.54) is 6.07 Å². The van der Waals surface area contributed by atoms with Gasteiger partial charge in [-0.15, -0.1) is 12.4 Å². The van der Waals surface area contributed by atoms with Crippen molar-refractivity contribution in [1.82, 2.24) is 4.90 Å². The molecule has 3 aromatic carbocycles. The number of likely N-dealkylation sites (N-methyl/N-ethyl adjacent to an activating group) is 1. The van der Waals surface area contributed by atoms with E-state index in [0.717, 1.165) is 43.9 Å². The number of aromatic hydroxyl groups is 1. The number of anilines is 2. The number of Topliss-reactive ketones (excluding diaryl/α,β-unsaturated/α-hetero) is 1. The molecule has 184 valence electrons. The van der Waals surface area contributed by atoms with Crippen molar-refractivity contribution in [2.75, 3.05) is 43.4 Å². The Kier molecular flexibility index (Phi) is 8.90. The Morgan fingerprint density at radius 2 is 1.57 bits per heavy atom. The number of nitrogens with zero attached hydrogens (tertiary/aromatic N) is 2. The second-order valence-corrected chi connectivity index (χ2v) is 8.92. The van der Waals surface area contributed by atoms with Gasteiger partial charge in [-0.25, -0.2) is 0 Å². The number of carbonyl (C=O) groups is 2. The fourth-order valence-corrected chi connectivity index (χ4v) is 4.21. The van der Waals surface area contributed by atoms with E-state index in [-0.39, 0.29) is 42.0 Å². The van der Waals surface area contributed by atoms with Crippen LogP contribution in [-0.2, 0) is 6.42 Å². The zero-order valence-electron chi connectivity index (χ0n) is 20.2. The first-order valence-corrected chi connectivity index (χ1v) is 11.7. The third-order valence-corrected chi connectivity index (χ3v) is 6.31. The molecule has 2 N–H and O–H groups in total. The van der Waals surface area contributed by atoms with Crippen molar-refractivity contribution in [3.8, 4) is 5.75 Å². The second kappa shape index (κ2) is 11.9. The van der Waals surface area contributed by atoms with Crippen LogP contribution in [0.25, 0.3) is 0 Å². The summed E-state index contributed by atoms with van der Waals surface area (Å²) in [5, 5.41) is 13.2. The van der Waals surface area contributed by atoms with Gasteiger partial charge in [0.05, 0.1) is 5.69 Å². The zero-order chi connectivity index (χ0) is 24.1. The molecule has 0 saturated carbocycles. The molecular formula is C28H32ClN3O3. The summed E-state index contributed by atoms with van der Waals surface area (Å²) >= 11 is 0. The number of hydrogen-bond donors (Lipinski definition) is 2. The molecule has 1 heterocycles. The molecule has 35 heavy (non-hydrogen) atoms. The maximum absolute atomic E-state index is 13.0. The summed E-state index contributed by atoms with van der Waals surface area (Å²) in [6.45, 7) is 6.02. The van der Waals surface area contributed by atoms with Crippen molar-refractivity contribution in [2.24, 2.45) is 0 Å². The molecule has 6 nitrogen and oxygen atoms in total. The highest BCUT2D eigenvalue weighted by atomic mass is 35.5. The average Bonchev–Trinajstić information content (AvgIpc) is 3.06. The van der Waals surface area contributed by atoms with Gasteiger partial charge in [-0.1, -0.05) is 42.0 Å². The van der Waals surface area contributed by atoms with Gasteiger partial charge in [0.1, 0.15) is 5.75 Å². The minimum Gasteiger partial charge on any atom is -0.506 e. The minimum absolute atomic E-state index is 0. The molecule has 0 aliphatic carbocycles. The third kappa shape index (κ3) is 6.62. The summed E-state index contributed by atoms with van der Waals surface area (Å²) in [7, 11) is 2.14. The Hall–Kier alpha value is -3.35. The largest absolute Gasteiger partial charge is 0.506 e. The second-order valence-electron chi connectivity index (χ2n) is 8.92. The van der Waals surface area contributed by atoms with Crippen LogP contribution in [-0.4, -0.2) is 54.9 Å². The van der Waals surface area contributed by atoms with Gasteiger partial charge >= 0.3 is 0 Å². The first-order valence-electron chi connectivity index (χ1n) is 11.7. The predicted molar refractivity (Wildman–Crippen MR) is 143 cm³/mol. The molecule has 1 aliphatic rings. The van der Waals surface area contributed by atoms with Gasteiger partial charge in [0.2, 0.25) is 0 Å². The van der Waals surface area contributed by atoms with Crippen LogP contribution < -0.4 is 10.2 Å². The molecule has 7 heteroatoms. The van der Waals surface area contributed by atoms with Gasteiger partial charge in [-0.05, 0) is 62.8 Å². The normalized spacial score (nSPS) is 14.1. The van der Waals surface area contributed by atoms with Gasteiger partial charge in [0.25, 0.3) is 5.91 Å². The highest BCUT2D eigenvalue weighted by molar-refractivity contribution is 6.06. The molecule has 0 radical (unpaired) electrons. The Morgan fingerprint density at radius 1 is 0.886 bits per heavy atom. The van der Waals surface area contributed by atoms with Crippen molar-refractivity contribution in [3.05, 3.63) is 89.0 Å². The molecule has 0 unspecified atom stereocenters. The van der Waals surface area contributed by atoms with Crippen LogP contribution in [0.5, 0.6) is 5.75 Å². The van der Waals surface area contributed by atoms with Crippen LogP contribution >= 0.6 is 12.4 Å². The molecule has 1 saturated heterocycles. The number of hydrogen-bond acceptors (Lipinski definition) is 5. The van der Waals surface area contributed by atoms with Gasteiger partial charge in [-0.3, -0.25) is 9.59 Å². The smallest absolute Gasteiger partial charge is 0.255 e. The summed E-state index contributed by atoms with van der Waals surface area (Å²) in [6, 6.07) is 19.8. The summed E-state index contributed by atoms with van der Waals surface area (Å²) in [4.78, 5) is 30.4. The van der Waals surface area contributed by atoms with Crippen LogP contribution in [0.3, 0.4) is 0 Å². The zero-order valence-corrected chi connectivity index (χ0v) is 21.0. The maximum atomic E-state index is 13.0. The third-order valence-electron chi connectivity index (χ3n) is 6.31. The molecule has 0 spiro atoms. The van der Waals surface area contributed by atoms with Gasteiger partial charge in [-0.2, -0.15) is 0 Å². The number of aryl methyl sites for hydroxylation is 1. The molecule has 3 aromatic rings. The number of para-hydroxylation sites is 1. The maximum Gasteiger partial charge on any atom is 0.255 e. The van der Waals surface area contributed by atoms with E-state index in [2.05, 4.69) is 22.2 Å². The van der Waals surface area contributed by atoms with Crippen LogP contribution in [0.1, 0.15) is 38.3 Å². The van der Waals surface area contributed by atoms with Crippen molar-refractivity contribution < 1.29 is 14.7 Å². The fraction of sp³-hybridized carbons (Fsp3) is 0.286. The number of ketones is 1. The van der Waals surface area contributed by atoms with E-state index in [1.54, 1.807) is 36.4 Å². The van der Waals surface area contributed by atoms with E-state index in [4.69, 9.17) is 0 Å². The van der Waals surface area contributed by atoms with E-state index < -0.39 is 0 Å². The molecule has 4 rings (SSSR count). The molecular weight excluding hydrogens is 462 g/mol. The standard InChI is InChI=1S/C28H31N3O3.ClH/c1-20-7-9-21(10-8-20)26(33)19-23-5-3-6-25(32)27(23)29-28(34)22-11-13-24(14-12-22)31-16-4-15-30(2)17-18-31;/h3,5-14,32H,4,15-19H2,1-2H3,(H,29,34);1H. The van der Waals surface area contributed by atoms with Crippen molar-refractivity contribution >= 4 is 35.5 Å². The number of phenols is 1. The summed E-state index contributed by atoms with van der Waals surface area (Å²) in [6.07, 6.45) is 1.19. The Labute approximate surface area is 213 Å². The van der Waals surface area contributed by atoms with E-state index in [9.17, 15) is 14.7 Å². The van der Waals surface area contributed by atoms with Gasteiger partial charge in [0.15, 0.2) is 5.78 Å². The Morgan fingerprint density at radius 3 is 2.29 bits per heavy atom. The number of phenolic OH excluding ortho intramolecular Hbond substituents is 1. The molecule has 0 aromatic heterocycles. The van der Waals surface area contributed by atoms with E-state index >= 15 is 0 Å². The number of carbonyl (C=O) groups excluding carboxylic acids is 2. The first kappa shape index (κ1) is 26.3. The topological polar surface area (TPSA) is 72.9 Å². The fourth-order valence-electron chi connectivity index (χ4n) is 4.21.